The smallest absolute Gasteiger partial charge is 0.264 e. The zero-order chi connectivity index (χ0) is 22.7. The van der Waals surface area contributed by atoms with Gasteiger partial charge in [-0.3, -0.25) is 9.10 Å². The Morgan fingerprint density at radius 3 is 2.25 bits per heavy atom. The lowest BCUT2D eigenvalue weighted by Crippen LogP contribution is -2.38. The number of para-hydroxylation sites is 1. The number of halogens is 1. The van der Waals surface area contributed by atoms with Crippen LogP contribution in [0.1, 0.15) is 5.56 Å². The Hall–Kier alpha value is -3.71. The molecule has 0 fully saturated rings. The molecule has 0 saturated carbocycles. The zero-order valence-electron chi connectivity index (χ0n) is 17.3. The van der Waals surface area contributed by atoms with Gasteiger partial charge in [0.2, 0.25) is 5.91 Å². The van der Waals surface area contributed by atoms with Crippen LogP contribution in [0.3, 0.4) is 0 Å². The Morgan fingerprint density at radius 2 is 1.53 bits per heavy atom. The van der Waals surface area contributed by atoms with Crippen LogP contribution in [0.5, 0.6) is 0 Å². The van der Waals surface area contributed by atoms with Crippen molar-refractivity contribution in [3.05, 3.63) is 102 Å². The van der Waals surface area contributed by atoms with Gasteiger partial charge in [0.15, 0.2) is 0 Å². The summed E-state index contributed by atoms with van der Waals surface area (Å²) in [5.41, 5.74) is 1.21. The summed E-state index contributed by atoms with van der Waals surface area (Å²) in [6.45, 7) is 1.26. The van der Waals surface area contributed by atoms with Crippen molar-refractivity contribution >= 4 is 38.1 Å². The van der Waals surface area contributed by atoms with E-state index >= 15 is 0 Å². The Bertz CT molecular complexity index is 1390. The lowest BCUT2D eigenvalue weighted by Gasteiger charge is -2.24. The van der Waals surface area contributed by atoms with Gasteiger partial charge in [-0.2, -0.15) is 0 Å². The van der Waals surface area contributed by atoms with Crippen LogP contribution in [-0.2, 0) is 14.8 Å². The number of nitrogens with zero attached hydrogens (tertiary/aromatic N) is 1. The Morgan fingerprint density at radius 1 is 0.875 bits per heavy atom. The maximum Gasteiger partial charge on any atom is 0.264 e. The van der Waals surface area contributed by atoms with Crippen LogP contribution < -0.4 is 9.62 Å². The molecule has 0 aliphatic heterocycles. The van der Waals surface area contributed by atoms with Crippen molar-refractivity contribution in [3.8, 4) is 0 Å². The quantitative estimate of drug-likeness (QED) is 0.445. The van der Waals surface area contributed by atoms with Crippen LogP contribution in [0.25, 0.3) is 10.8 Å². The minimum atomic E-state index is -4.18. The summed E-state index contributed by atoms with van der Waals surface area (Å²) in [6.07, 6.45) is 0. The number of rotatable bonds is 6. The maximum absolute atomic E-state index is 14.6. The molecule has 1 amide bonds. The van der Waals surface area contributed by atoms with Gasteiger partial charge in [-0.25, -0.2) is 12.8 Å². The molecule has 0 aromatic heterocycles. The third-order valence-electron chi connectivity index (χ3n) is 5.05. The fraction of sp³-hybridized carbons (Fsp3) is 0.0800. The Balaban J connectivity index is 1.66. The first kappa shape index (κ1) is 21.5. The predicted molar refractivity (Wildman–Crippen MR) is 125 cm³/mol. The molecule has 0 spiro atoms. The van der Waals surface area contributed by atoms with Gasteiger partial charge < -0.3 is 5.32 Å². The fourth-order valence-electron chi connectivity index (χ4n) is 3.39. The molecule has 4 aromatic rings. The van der Waals surface area contributed by atoms with Crippen molar-refractivity contribution in [2.45, 2.75) is 11.8 Å². The van der Waals surface area contributed by atoms with E-state index in [1.54, 1.807) is 24.3 Å². The third-order valence-corrected chi connectivity index (χ3v) is 6.82. The summed E-state index contributed by atoms with van der Waals surface area (Å²) < 4.78 is 42.0. The first-order valence-electron chi connectivity index (χ1n) is 9.97. The van der Waals surface area contributed by atoms with E-state index in [4.69, 9.17) is 0 Å². The van der Waals surface area contributed by atoms with Crippen molar-refractivity contribution in [1.29, 1.82) is 0 Å². The number of amides is 1. The van der Waals surface area contributed by atoms with E-state index in [-0.39, 0.29) is 10.6 Å². The van der Waals surface area contributed by atoms with Crippen LogP contribution in [0, 0.1) is 12.7 Å². The zero-order valence-corrected chi connectivity index (χ0v) is 18.1. The Kier molecular flexibility index (Phi) is 5.92. The van der Waals surface area contributed by atoms with Crippen molar-refractivity contribution in [2.24, 2.45) is 0 Å². The van der Waals surface area contributed by atoms with E-state index in [2.05, 4.69) is 5.32 Å². The van der Waals surface area contributed by atoms with Gasteiger partial charge in [-0.05, 0) is 54.1 Å². The SMILES string of the molecule is Cc1ccc(S(=O)(=O)N(CC(=O)Nc2ccc3ccccc3c2)c2ccccc2F)cc1. The normalized spacial score (nSPS) is 11.3. The lowest BCUT2D eigenvalue weighted by atomic mass is 10.1. The van der Waals surface area contributed by atoms with Crippen molar-refractivity contribution in [1.82, 2.24) is 0 Å². The van der Waals surface area contributed by atoms with Crippen LogP contribution in [0.15, 0.2) is 95.9 Å². The van der Waals surface area contributed by atoms with E-state index in [1.165, 1.54) is 30.3 Å². The number of carbonyl (C=O) groups is 1. The van der Waals surface area contributed by atoms with Gasteiger partial charge in [0, 0.05) is 5.69 Å². The second-order valence-corrected chi connectivity index (χ2v) is 9.25. The molecule has 4 aromatic carbocycles. The average Bonchev–Trinajstić information content (AvgIpc) is 2.78. The van der Waals surface area contributed by atoms with Gasteiger partial charge >= 0.3 is 0 Å². The molecule has 162 valence electrons. The van der Waals surface area contributed by atoms with Crippen molar-refractivity contribution in [3.63, 3.8) is 0 Å². The monoisotopic (exact) mass is 448 g/mol. The van der Waals surface area contributed by atoms with Gasteiger partial charge in [-0.15, -0.1) is 0 Å². The molecule has 0 unspecified atom stereocenters. The first-order valence-corrected chi connectivity index (χ1v) is 11.4. The number of nitrogens with one attached hydrogen (secondary N) is 1. The molecule has 7 heteroatoms. The lowest BCUT2D eigenvalue weighted by molar-refractivity contribution is -0.114. The molecule has 1 N–H and O–H groups in total. The number of hydrogen-bond acceptors (Lipinski definition) is 3. The summed E-state index contributed by atoms with van der Waals surface area (Å²) in [4.78, 5) is 12.8. The number of carbonyl (C=O) groups excluding carboxylic acids is 1. The van der Waals surface area contributed by atoms with Gasteiger partial charge in [0.25, 0.3) is 10.0 Å². The van der Waals surface area contributed by atoms with E-state index in [0.29, 0.717) is 5.69 Å². The molecule has 0 saturated heterocycles. The highest BCUT2D eigenvalue weighted by molar-refractivity contribution is 7.92. The van der Waals surface area contributed by atoms with Crippen molar-refractivity contribution in [2.75, 3.05) is 16.2 Å². The molecule has 0 bridgehead atoms. The molecular weight excluding hydrogens is 427 g/mol. The number of fused-ring (bicyclic) bond motifs is 1. The highest BCUT2D eigenvalue weighted by Crippen LogP contribution is 2.27. The highest BCUT2D eigenvalue weighted by Gasteiger charge is 2.29. The van der Waals surface area contributed by atoms with E-state index in [1.807, 2.05) is 37.3 Å². The summed E-state index contributed by atoms with van der Waals surface area (Å²) >= 11 is 0. The first-order chi connectivity index (χ1) is 15.3. The molecule has 32 heavy (non-hydrogen) atoms. The van der Waals surface area contributed by atoms with Gasteiger partial charge in [0.05, 0.1) is 10.6 Å². The standard InChI is InChI=1S/C25H21FN2O3S/c1-18-10-14-22(15-11-18)32(30,31)28(24-9-5-4-8-23(24)26)17-25(29)27-21-13-12-19-6-2-3-7-20(19)16-21/h2-16H,17H2,1H3,(H,27,29). The maximum atomic E-state index is 14.6. The molecule has 0 heterocycles. The summed E-state index contributed by atoms with van der Waals surface area (Å²) in [7, 11) is -4.18. The molecular formula is C25H21FN2O3S. The number of anilines is 2. The van der Waals surface area contributed by atoms with E-state index < -0.39 is 28.3 Å². The van der Waals surface area contributed by atoms with E-state index in [9.17, 15) is 17.6 Å². The van der Waals surface area contributed by atoms with Crippen LogP contribution in [-0.4, -0.2) is 20.9 Å². The predicted octanol–water partition coefficient (Wildman–Crippen LogP) is 5.12. The second kappa shape index (κ2) is 8.80. The largest absolute Gasteiger partial charge is 0.324 e. The highest BCUT2D eigenvalue weighted by atomic mass is 32.2. The van der Waals surface area contributed by atoms with Crippen LogP contribution in [0.2, 0.25) is 0 Å². The van der Waals surface area contributed by atoms with Crippen molar-refractivity contribution < 1.29 is 17.6 Å². The summed E-state index contributed by atoms with van der Waals surface area (Å²) in [6, 6.07) is 24.8. The summed E-state index contributed by atoms with van der Waals surface area (Å²) in [5, 5.41) is 4.67. The number of hydrogen-bond donors (Lipinski definition) is 1. The molecule has 0 atom stereocenters. The third kappa shape index (κ3) is 4.48. The Labute approximate surface area is 186 Å². The van der Waals surface area contributed by atoms with Gasteiger partial charge in [0.1, 0.15) is 12.4 Å². The average molecular weight is 449 g/mol. The summed E-state index contributed by atoms with van der Waals surface area (Å²) in [5.74, 6) is -1.32. The topological polar surface area (TPSA) is 66.5 Å². The molecule has 0 aliphatic rings. The second-order valence-electron chi connectivity index (χ2n) is 7.39. The van der Waals surface area contributed by atoms with Crippen LogP contribution in [0.4, 0.5) is 15.8 Å². The van der Waals surface area contributed by atoms with Crippen LogP contribution >= 0.6 is 0 Å². The minimum Gasteiger partial charge on any atom is -0.324 e. The van der Waals surface area contributed by atoms with Gasteiger partial charge in [-0.1, -0.05) is 60.2 Å². The number of sulfonamides is 1. The fourth-order valence-corrected chi connectivity index (χ4v) is 4.82. The number of aryl methyl sites for hydroxylation is 1. The molecule has 0 radical (unpaired) electrons. The minimum absolute atomic E-state index is 0.0233. The van der Waals surface area contributed by atoms with E-state index in [0.717, 1.165) is 26.7 Å². The molecule has 0 aliphatic carbocycles. The molecule has 5 nitrogen and oxygen atoms in total. The molecule has 4 rings (SSSR count). The number of benzene rings is 4.